The van der Waals surface area contributed by atoms with Gasteiger partial charge in [0.25, 0.3) is 0 Å². The standard InChI is InChI=1S/C28H32FN7O3S/c1-16-22-13-31-36(25(22)11-24(32-16)23-12-30-6-5-26(23)39-3)28-10-21(9-27(34-28)33-20-7-19(29)8-20)35-14-18(17(35)2)15-40(4,37)38/h5-6,9-13,17-20H,7-8,14-15H2,1-4H3,(H,33,34)/t17-,18-,19?,20?/m1/s1. The quantitative estimate of drug-likeness (QED) is 0.339. The molecule has 2 aliphatic rings. The molecule has 0 radical (unpaired) electrons. The number of ether oxygens (including phenoxy) is 1. The normalized spacial score (nSPS) is 22.6. The zero-order valence-corrected chi connectivity index (χ0v) is 23.7. The number of fused-ring (bicyclic) bond motifs is 1. The van der Waals surface area contributed by atoms with Crippen LogP contribution in [0.1, 0.15) is 25.5 Å². The van der Waals surface area contributed by atoms with Crippen LogP contribution in [0.3, 0.4) is 0 Å². The summed E-state index contributed by atoms with van der Waals surface area (Å²) in [4.78, 5) is 16.1. The van der Waals surface area contributed by atoms with Crippen molar-refractivity contribution in [2.24, 2.45) is 5.92 Å². The number of sulfone groups is 1. The van der Waals surface area contributed by atoms with E-state index in [2.05, 4.69) is 20.3 Å². The van der Waals surface area contributed by atoms with Crippen LogP contribution in [0.25, 0.3) is 28.0 Å². The third kappa shape index (κ3) is 4.96. The molecular weight excluding hydrogens is 533 g/mol. The first-order valence-corrected chi connectivity index (χ1v) is 15.4. The Morgan fingerprint density at radius 2 is 1.98 bits per heavy atom. The van der Waals surface area contributed by atoms with Crippen molar-refractivity contribution in [3.63, 3.8) is 0 Å². The van der Waals surface area contributed by atoms with Gasteiger partial charge < -0.3 is 15.0 Å². The summed E-state index contributed by atoms with van der Waals surface area (Å²) in [6.45, 7) is 4.60. The highest BCUT2D eigenvalue weighted by atomic mass is 32.2. The number of alkyl halides is 1. The van der Waals surface area contributed by atoms with Gasteiger partial charge in [-0.25, -0.2) is 22.5 Å². The molecule has 40 heavy (non-hydrogen) atoms. The minimum atomic E-state index is -3.07. The second kappa shape index (κ2) is 9.99. The van der Waals surface area contributed by atoms with Crippen molar-refractivity contribution in [1.29, 1.82) is 0 Å². The molecule has 10 nitrogen and oxygen atoms in total. The lowest BCUT2D eigenvalue weighted by Crippen LogP contribution is -2.57. The van der Waals surface area contributed by atoms with E-state index in [1.54, 1.807) is 36.4 Å². The molecule has 5 heterocycles. The molecule has 1 aliphatic heterocycles. The third-order valence-corrected chi connectivity index (χ3v) is 8.97. The molecule has 0 unspecified atom stereocenters. The van der Waals surface area contributed by atoms with Gasteiger partial charge in [0.05, 0.1) is 35.8 Å². The van der Waals surface area contributed by atoms with E-state index in [0.29, 0.717) is 42.5 Å². The van der Waals surface area contributed by atoms with E-state index in [9.17, 15) is 12.8 Å². The second-order valence-corrected chi connectivity index (χ2v) is 13.1. The molecule has 2 atom stereocenters. The first-order chi connectivity index (χ1) is 19.1. The predicted octanol–water partition coefficient (Wildman–Crippen LogP) is 3.98. The fourth-order valence-electron chi connectivity index (χ4n) is 5.59. The Balaban J connectivity index is 1.41. The summed E-state index contributed by atoms with van der Waals surface area (Å²) in [6, 6.07) is 7.72. The van der Waals surface area contributed by atoms with Gasteiger partial charge in [-0.1, -0.05) is 0 Å². The molecule has 12 heteroatoms. The summed E-state index contributed by atoms with van der Waals surface area (Å²) >= 11 is 0. The van der Waals surface area contributed by atoms with Crippen molar-refractivity contribution in [3.05, 3.63) is 48.5 Å². The summed E-state index contributed by atoms with van der Waals surface area (Å²) in [5.74, 6) is 2.11. The molecule has 4 aromatic heterocycles. The van der Waals surface area contributed by atoms with Crippen molar-refractivity contribution in [3.8, 4) is 22.8 Å². The Morgan fingerprint density at radius 1 is 1.18 bits per heavy atom. The van der Waals surface area contributed by atoms with E-state index in [1.165, 1.54) is 6.26 Å². The maximum atomic E-state index is 13.6. The Labute approximate surface area is 232 Å². The summed E-state index contributed by atoms with van der Waals surface area (Å²) < 4.78 is 44.7. The SMILES string of the molecule is COc1ccncc1-c1cc2c(cnn2-c2cc(N3C[C@H](CS(C)(=O)=O)[C@H]3C)cc(NC3CC(F)C3)n2)c(C)n1. The highest BCUT2D eigenvalue weighted by Gasteiger charge is 2.38. The van der Waals surface area contributed by atoms with Crippen LogP contribution in [0.5, 0.6) is 5.75 Å². The maximum absolute atomic E-state index is 13.6. The molecule has 4 aromatic rings. The molecule has 0 amide bonds. The molecule has 1 saturated carbocycles. The minimum absolute atomic E-state index is 0.0165. The molecule has 1 aliphatic carbocycles. The van der Waals surface area contributed by atoms with Crippen LogP contribution >= 0.6 is 0 Å². The van der Waals surface area contributed by atoms with E-state index in [0.717, 1.165) is 27.8 Å². The number of aromatic nitrogens is 5. The van der Waals surface area contributed by atoms with Gasteiger partial charge in [0.1, 0.15) is 27.6 Å². The molecule has 2 fully saturated rings. The lowest BCUT2D eigenvalue weighted by molar-refractivity contribution is 0.192. The van der Waals surface area contributed by atoms with Crippen LogP contribution in [0, 0.1) is 12.8 Å². The van der Waals surface area contributed by atoms with Crippen LogP contribution in [0.15, 0.2) is 42.9 Å². The molecule has 6 rings (SSSR count). The van der Waals surface area contributed by atoms with Crippen molar-refractivity contribution >= 4 is 32.2 Å². The van der Waals surface area contributed by atoms with Gasteiger partial charge in [-0.05, 0) is 38.8 Å². The molecule has 1 N–H and O–H groups in total. The Bertz CT molecular complexity index is 1690. The summed E-state index contributed by atoms with van der Waals surface area (Å²) in [5, 5.41) is 8.94. The first kappa shape index (κ1) is 26.4. The smallest absolute Gasteiger partial charge is 0.158 e. The summed E-state index contributed by atoms with van der Waals surface area (Å²) in [7, 11) is -1.46. The molecule has 0 aromatic carbocycles. The topological polar surface area (TPSA) is 115 Å². The number of nitrogens with zero attached hydrogens (tertiary/aromatic N) is 6. The van der Waals surface area contributed by atoms with Crippen molar-refractivity contribution in [1.82, 2.24) is 24.7 Å². The monoisotopic (exact) mass is 565 g/mol. The zero-order chi connectivity index (χ0) is 28.2. The van der Waals surface area contributed by atoms with E-state index in [4.69, 9.17) is 14.7 Å². The van der Waals surface area contributed by atoms with Crippen LogP contribution in [-0.4, -0.2) is 77.1 Å². The van der Waals surface area contributed by atoms with Gasteiger partial charge >= 0.3 is 0 Å². The third-order valence-electron chi connectivity index (χ3n) is 7.93. The van der Waals surface area contributed by atoms with E-state index in [-0.39, 0.29) is 23.8 Å². The predicted molar refractivity (Wildman–Crippen MR) is 153 cm³/mol. The number of anilines is 2. The largest absolute Gasteiger partial charge is 0.496 e. The highest BCUT2D eigenvalue weighted by molar-refractivity contribution is 7.90. The lowest BCUT2D eigenvalue weighted by Gasteiger charge is -2.48. The minimum Gasteiger partial charge on any atom is -0.496 e. The summed E-state index contributed by atoms with van der Waals surface area (Å²) in [5.41, 5.74) is 4.01. The Kier molecular flexibility index (Phi) is 6.60. The van der Waals surface area contributed by atoms with Gasteiger partial charge in [0.2, 0.25) is 0 Å². The van der Waals surface area contributed by atoms with Crippen molar-refractivity contribution in [2.45, 2.75) is 44.9 Å². The number of hydrogen-bond acceptors (Lipinski definition) is 9. The molecule has 210 valence electrons. The van der Waals surface area contributed by atoms with E-state index in [1.807, 2.05) is 32.0 Å². The summed E-state index contributed by atoms with van der Waals surface area (Å²) in [6.07, 6.45) is 6.56. The average molecular weight is 566 g/mol. The number of nitrogens with one attached hydrogen (secondary N) is 1. The highest BCUT2D eigenvalue weighted by Crippen LogP contribution is 2.36. The number of halogens is 1. The lowest BCUT2D eigenvalue weighted by atomic mass is 9.90. The zero-order valence-electron chi connectivity index (χ0n) is 22.9. The fraction of sp³-hybridized carbons (Fsp3) is 0.429. The van der Waals surface area contributed by atoms with Gasteiger partial charge in [0, 0.05) is 72.1 Å². The van der Waals surface area contributed by atoms with Crippen LogP contribution in [0.4, 0.5) is 15.9 Å². The maximum Gasteiger partial charge on any atom is 0.158 e. The van der Waals surface area contributed by atoms with Gasteiger partial charge in [-0.3, -0.25) is 9.97 Å². The van der Waals surface area contributed by atoms with Crippen molar-refractivity contribution in [2.75, 3.05) is 35.9 Å². The van der Waals surface area contributed by atoms with Gasteiger partial charge in [-0.15, -0.1) is 0 Å². The Morgan fingerprint density at radius 3 is 2.67 bits per heavy atom. The number of aryl methyl sites for hydroxylation is 1. The Hall–Kier alpha value is -3.80. The number of methoxy groups -OCH3 is 1. The van der Waals surface area contributed by atoms with Gasteiger partial charge in [-0.2, -0.15) is 5.10 Å². The second-order valence-electron chi connectivity index (χ2n) is 10.9. The van der Waals surface area contributed by atoms with Crippen molar-refractivity contribution < 1.29 is 17.5 Å². The number of hydrogen-bond donors (Lipinski definition) is 1. The van der Waals surface area contributed by atoms with Gasteiger partial charge in [0.15, 0.2) is 5.82 Å². The number of pyridine rings is 3. The van der Waals surface area contributed by atoms with E-state index < -0.39 is 16.0 Å². The molecule has 0 spiro atoms. The first-order valence-electron chi connectivity index (χ1n) is 13.3. The fourth-order valence-corrected chi connectivity index (χ4v) is 6.75. The van der Waals surface area contributed by atoms with Crippen LogP contribution < -0.4 is 15.0 Å². The molecule has 0 bridgehead atoms. The molecular formula is C28H32FN7O3S. The average Bonchev–Trinajstić information content (AvgIpc) is 3.34. The van der Waals surface area contributed by atoms with Crippen LogP contribution in [0.2, 0.25) is 0 Å². The van der Waals surface area contributed by atoms with E-state index >= 15 is 0 Å². The van der Waals surface area contributed by atoms with Crippen LogP contribution in [-0.2, 0) is 9.84 Å². The number of rotatable bonds is 8. The molecule has 1 saturated heterocycles.